The van der Waals surface area contributed by atoms with Crippen LogP contribution in [0.4, 0.5) is 0 Å². The van der Waals surface area contributed by atoms with Crippen LogP contribution in [0.3, 0.4) is 0 Å². The number of ether oxygens (including phenoxy) is 1. The van der Waals surface area contributed by atoms with Crippen LogP contribution in [0, 0.1) is 0 Å². The fourth-order valence-corrected chi connectivity index (χ4v) is 2.65. The lowest BCUT2D eigenvalue weighted by atomic mass is 10.2. The highest BCUT2D eigenvalue weighted by molar-refractivity contribution is 7.85. The van der Waals surface area contributed by atoms with Crippen molar-refractivity contribution in [3.63, 3.8) is 0 Å². The van der Waals surface area contributed by atoms with Crippen LogP contribution in [-0.4, -0.2) is 42.7 Å². The maximum atomic E-state index is 11.0. The predicted molar refractivity (Wildman–Crippen MR) is 75.5 cm³/mol. The van der Waals surface area contributed by atoms with E-state index < -0.39 is 10.1 Å². The molecule has 2 aromatic rings. The topological polar surface area (TPSA) is 83.3 Å². The van der Waals surface area contributed by atoms with E-state index in [2.05, 4.69) is 10.2 Å². The monoisotopic (exact) mass is 309 g/mol. The SMILES string of the molecule is CS(=O)(=O)OCCc1nnc2n1CCOc1ccccc1-2. The third-order valence-corrected chi connectivity index (χ3v) is 3.75. The maximum absolute atomic E-state index is 11.0. The molecule has 0 unspecified atom stereocenters. The fraction of sp³-hybridized carbons (Fsp3) is 0.385. The maximum Gasteiger partial charge on any atom is 0.264 e. The van der Waals surface area contributed by atoms with Crippen LogP contribution in [-0.2, 0) is 27.3 Å². The lowest BCUT2D eigenvalue weighted by Crippen LogP contribution is -2.13. The Labute approximate surface area is 122 Å². The van der Waals surface area contributed by atoms with Gasteiger partial charge in [-0.15, -0.1) is 10.2 Å². The zero-order chi connectivity index (χ0) is 14.9. The number of hydrogen-bond donors (Lipinski definition) is 0. The van der Waals surface area contributed by atoms with Gasteiger partial charge in [0.15, 0.2) is 5.82 Å². The van der Waals surface area contributed by atoms with Crippen LogP contribution in [0.25, 0.3) is 11.4 Å². The van der Waals surface area contributed by atoms with Gasteiger partial charge < -0.3 is 9.30 Å². The van der Waals surface area contributed by atoms with E-state index in [9.17, 15) is 8.42 Å². The molecule has 0 saturated heterocycles. The standard InChI is InChI=1S/C13H15N3O4S/c1-21(17,18)20-8-6-12-14-15-13-10-4-2-3-5-11(10)19-9-7-16(12)13/h2-5H,6-9H2,1H3. The van der Waals surface area contributed by atoms with Crippen molar-refractivity contribution in [2.75, 3.05) is 19.5 Å². The third kappa shape index (κ3) is 3.06. The van der Waals surface area contributed by atoms with E-state index in [-0.39, 0.29) is 6.61 Å². The number of aromatic nitrogens is 3. The summed E-state index contributed by atoms with van der Waals surface area (Å²) in [5.74, 6) is 2.20. The van der Waals surface area contributed by atoms with Crippen molar-refractivity contribution in [2.24, 2.45) is 0 Å². The molecule has 0 fully saturated rings. The van der Waals surface area contributed by atoms with E-state index in [1.807, 2.05) is 28.8 Å². The molecule has 0 radical (unpaired) electrons. The van der Waals surface area contributed by atoms with Crippen LogP contribution in [0.1, 0.15) is 5.82 Å². The highest BCUT2D eigenvalue weighted by atomic mass is 32.2. The lowest BCUT2D eigenvalue weighted by Gasteiger charge is -2.06. The molecule has 0 saturated carbocycles. The van der Waals surface area contributed by atoms with Crippen LogP contribution in [0.2, 0.25) is 0 Å². The van der Waals surface area contributed by atoms with Gasteiger partial charge in [0.2, 0.25) is 0 Å². The van der Waals surface area contributed by atoms with Crippen molar-refractivity contribution in [3.05, 3.63) is 30.1 Å². The second-order valence-corrected chi connectivity index (χ2v) is 6.36. The van der Waals surface area contributed by atoms with Crippen LogP contribution in [0.15, 0.2) is 24.3 Å². The first-order valence-corrected chi connectivity index (χ1v) is 8.35. The third-order valence-electron chi connectivity index (χ3n) is 3.15. The molecule has 112 valence electrons. The smallest absolute Gasteiger partial charge is 0.264 e. The molecule has 1 aromatic carbocycles. The summed E-state index contributed by atoms with van der Waals surface area (Å²) in [5.41, 5.74) is 0.887. The average Bonchev–Trinajstić information content (AvgIpc) is 2.72. The van der Waals surface area contributed by atoms with Gasteiger partial charge in [-0.2, -0.15) is 8.42 Å². The first kappa shape index (κ1) is 14.0. The van der Waals surface area contributed by atoms with Gasteiger partial charge in [-0.3, -0.25) is 4.18 Å². The summed E-state index contributed by atoms with van der Waals surface area (Å²) in [5, 5.41) is 8.34. The van der Waals surface area contributed by atoms with Gasteiger partial charge in [-0.05, 0) is 12.1 Å². The molecule has 0 bridgehead atoms. The normalized spacial score (nSPS) is 14.0. The van der Waals surface area contributed by atoms with Crippen LogP contribution < -0.4 is 4.74 Å². The van der Waals surface area contributed by atoms with E-state index in [0.717, 1.165) is 23.4 Å². The van der Waals surface area contributed by atoms with E-state index in [4.69, 9.17) is 8.92 Å². The second kappa shape index (κ2) is 5.45. The molecular weight excluding hydrogens is 294 g/mol. The molecule has 7 nitrogen and oxygen atoms in total. The molecule has 0 amide bonds. The summed E-state index contributed by atoms with van der Waals surface area (Å²) in [6.07, 6.45) is 1.41. The summed E-state index contributed by atoms with van der Waals surface area (Å²) >= 11 is 0. The zero-order valence-corrected chi connectivity index (χ0v) is 12.3. The molecule has 1 aliphatic heterocycles. The van der Waals surface area contributed by atoms with Gasteiger partial charge >= 0.3 is 0 Å². The van der Waals surface area contributed by atoms with Crippen molar-refractivity contribution in [1.29, 1.82) is 0 Å². The molecule has 1 aliphatic rings. The Kier molecular flexibility index (Phi) is 3.64. The van der Waals surface area contributed by atoms with Crippen molar-refractivity contribution in [2.45, 2.75) is 13.0 Å². The van der Waals surface area contributed by atoms with E-state index in [0.29, 0.717) is 25.4 Å². The van der Waals surface area contributed by atoms with Crippen molar-refractivity contribution in [3.8, 4) is 17.1 Å². The molecular formula is C13H15N3O4S. The van der Waals surface area contributed by atoms with Crippen LogP contribution in [0.5, 0.6) is 5.75 Å². The summed E-state index contributed by atoms with van der Waals surface area (Å²) in [6, 6.07) is 7.65. The van der Waals surface area contributed by atoms with Gasteiger partial charge in [0.1, 0.15) is 18.2 Å². The molecule has 8 heteroatoms. The van der Waals surface area contributed by atoms with Gasteiger partial charge in [0, 0.05) is 6.42 Å². The minimum Gasteiger partial charge on any atom is -0.491 e. The highest BCUT2D eigenvalue weighted by Crippen LogP contribution is 2.31. The van der Waals surface area contributed by atoms with Gasteiger partial charge in [0.25, 0.3) is 10.1 Å². The molecule has 2 heterocycles. The second-order valence-electron chi connectivity index (χ2n) is 4.71. The Morgan fingerprint density at radius 3 is 2.95 bits per heavy atom. The zero-order valence-electron chi connectivity index (χ0n) is 11.5. The predicted octanol–water partition coefficient (Wildman–Crippen LogP) is 0.856. The number of rotatable bonds is 4. The average molecular weight is 309 g/mol. The molecule has 0 aliphatic carbocycles. The highest BCUT2D eigenvalue weighted by Gasteiger charge is 2.20. The Morgan fingerprint density at radius 2 is 2.14 bits per heavy atom. The quantitative estimate of drug-likeness (QED) is 0.779. The number of hydrogen-bond acceptors (Lipinski definition) is 6. The van der Waals surface area contributed by atoms with Crippen molar-refractivity contribution >= 4 is 10.1 Å². The minimum absolute atomic E-state index is 0.0550. The Bertz CT molecular complexity index is 755. The molecule has 0 N–H and O–H groups in total. The summed E-state index contributed by atoms with van der Waals surface area (Å²) in [6.45, 7) is 1.19. The summed E-state index contributed by atoms with van der Waals surface area (Å²) in [7, 11) is -3.44. The molecule has 3 rings (SSSR count). The Hall–Kier alpha value is -1.93. The number of para-hydroxylation sites is 1. The summed E-state index contributed by atoms with van der Waals surface area (Å²) in [4.78, 5) is 0. The molecule has 21 heavy (non-hydrogen) atoms. The number of fused-ring (bicyclic) bond motifs is 3. The van der Waals surface area contributed by atoms with Crippen molar-refractivity contribution in [1.82, 2.24) is 14.8 Å². The minimum atomic E-state index is -3.44. The largest absolute Gasteiger partial charge is 0.491 e. The first-order chi connectivity index (χ1) is 10.0. The molecule has 0 spiro atoms. The Morgan fingerprint density at radius 1 is 1.33 bits per heavy atom. The van der Waals surface area contributed by atoms with Gasteiger partial charge in [-0.25, -0.2) is 0 Å². The first-order valence-electron chi connectivity index (χ1n) is 6.53. The fourth-order valence-electron chi connectivity index (χ4n) is 2.26. The van der Waals surface area contributed by atoms with Crippen molar-refractivity contribution < 1.29 is 17.3 Å². The number of nitrogens with zero attached hydrogens (tertiary/aromatic N) is 3. The van der Waals surface area contributed by atoms with Gasteiger partial charge in [0.05, 0.1) is 25.0 Å². The van der Waals surface area contributed by atoms with E-state index in [1.165, 1.54) is 0 Å². The lowest BCUT2D eigenvalue weighted by molar-refractivity contribution is 0.298. The Balaban J connectivity index is 1.86. The van der Waals surface area contributed by atoms with Gasteiger partial charge in [-0.1, -0.05) is 12.1 Å². The van der Waals surface area contributed by atoms with Crippen LogP contribution >= 0.6 is 0 Å². The van der Waals surface area contributed by atoms with E-state index >= 15 is 0 Å². The summed E-state index contributed by atoms with van der Waals surface area (Å²) < 4.78 is 34.3. The molecule has 1 aromatic heterocycles. The van der Waals surface area contributed by atoms with E-state index in [1.54, 1.807) is 0 Å². The number of benzene rings is 1. The molecule has 0 atom stereocenters.